The molecular weight excluding hydrogens is 1410 g/mol. The van der Waals surface area contributed by atoms with Gasteiger partial charge in [-0.15, -0.1) is 0 Å². The van der Waals surface area contributed by atoms with Crippen molar-refractivity contribution in [2.24, 2.45) is 0 Å². The molecule has 18 heteroatoms. The highest BCUT2D eigenvalue weighted by Crippen LogP contribution is 2.45. The van der Waals surface area contributed by atoms with E-state index in [1.54, 1.807) is 0 Å². The SMILES string of the molecule is CCCCC/C=C\C/C=C\C/C=C\C/C=C\CCCCCCCCCCCCCCCC(=O)OCC(O)COP(=O)(O)OCC(O)COP(=O)(O)OCC(COC(=O)CCCCCCCCCCCCCCC/C=C\C/C=C\C/C=C\C/C=C\CCCCC)OC(=O)CCCCCCC/C=C\CCCCCCCC. The van der Waals surface area contributed by atoms with Crippen LogP contribution in [0.3, 0.4) is 0 Å². The van der Waals surface area contributed by atoms with Crippen molar-refractivity contribution in [3.8, 4) is 0 Å². The van der Waals surface area contributed by atoms with Crippen LogP contribution in [0.2, 0.25) is 0 Å². The molecule has 0 aromatic heterocycles. The second kappa shape index (κ2) is 83.6. The van der Waals surface area contributed by atoms with Crippen LogP contribution < -0.4 is 0 Å². The molecule has 0 aliphatic heterocycles. The van der Waals surface area contributed by atoms with Crippen LogP contribution in [-0.4, -0.2) is 95.9 Å². The molecule has 0 aliphatic rings. The molecule has 0 amide bonds. The molecule has 0 aromatic rings. The highest BCUT2D eigenvalue weighted by Gasteiger charge is 2.29. The van der Waals surface area contributed by atoms with E-state index >= 15 is 0 Å². The van der Waals surface area contributed by atoms with E-state index in [9.17, 15) is 43.5 Å². The van der Waals surface area contributed by atoms with Crippen LogP contribution in [0.4, 0.5) is 0 Å². The first-order chi connectivity index (χ1) is 53.2. The monoisotopic (exact) mass is 1570 g/mol. The van der Waals surface area contributed by atoms with Crippen molar-refractivity contribution in [2.45, 2.75) is 411 Å². The third-order valence-corrected chi connectivity index (χ3v) is 20.8. The Morgan fingerprint density at radius 1 is 0.257 bits per heavy atom. The summed E-state index contributed by atoms with van der Waals surface area (Å²) in [6, 6.07) is 0. The summed E-state index contributed by atoms with van der Waals surface area (Å²) in [4.78, 5) is 58.8. The van der Waals surface area contributed by atoms with Crippen molar-refractivity contribution >= 4 is 33.6 Å². The van der Waals surface area contributed by atoms with Crippen molar-refractivity contribution in [2.75, 3.05) is 39.6 Å². The summed E-state index contributed by atoms with van der Waals surface area (Å²) < 4.78 is 61.3. The molecule has 109 heavy (non-hydrogen) atoms. The number of carbonyl (C=O) groups excluding carboxylic acids is 3. The topological polar surface area (TPSA) is 231 Å². The number of phosphoric acid groups is 2. The van der Waals surface area contributed by atoms with Gasteiger partial charge in [-0.05, 0) is 135 Å². The molecule has 4 N–H and O–H groups in total. The summed E-state index contributed by atoms with van der Waals surface area (Å²) in [5, 5.41) is 20.7. The Kier molecular flexibility index (Phi) is 80.7. The summed E-state index contributed by atoms with van der Waals surface area (Å²) >= 11 is 0. The summed E-state index contributed by atoms with van der Waals surface area (Å²) in [5.74, 6) is -1.57. The summed E-state index contributed by atoms with van der Waals surface area (Å²) in [6.07, 6.45) is 99.9. The Bertz CT molecular complexity index is 2420. The Morgan fingerprint density at radius 2 is 0.459 bits per heavy atom. The summed E-state index contributed by atoms with van der Waals surface area (Å²) in [6.45, 7) is 2.67. The lowest BCUT2D eigenvalue weighted by Crippen LogP contribution is -2.30. The molecule has 0 fully saturated rings. The lowest BCUT2D eigenvalue weighted by molar-refractivity contribution is -0.161. The quantitative estimate of drug-likeness (QED) is 0.0146. The van der Waals surface area contributed by atoms with Gasteiger partial charge in [-0.25, -0.2) is 9.13 Å². The standard InChI is InChI=1S/C91H162O16P2/c1-4-7-10-13-16-19-22-25-28-30-32-34-36-38-40-42-44-46-48-50-52-54-57-59-62-65-68-71-74-77-89(94)101-80-86(92)81-103-108(97,98)104-82-87(93)83-105-109(99,100)106-85-88(107-91(96)79-76-73-70-67-64-61-56-27-24-21-18-15-12-9-6-3)84-102-90(95)78-75-72-69-66-63-60-58-55-53-51-49-47-45-43-41-39-37-35-33-31-29-26-23-20-17-14-11-8-5-2/h16-17,19-20,25-29,32-35,38-41,56,86-88,92-93H,4-15,18,21-24,30-31,36-37,42-55,57-85H2,1-3H3,(H,97,98)(H,99,100)/b19-16-,20-17-,28-25-,29-26-,34-32-,35-33-,40-38-,41-39-,56-27-. The van der Waals surface area contributed by atoms with Gasteiger partial charge in [0.1, 0.15) is 25.4 Å². The van der Waals surface area contributed by atoms with Gasteiger partial charge in [0.05, 0.1) is 26.4 Å². The molecule has 5 atom stereocenters. The number of ether oxygens (including phenoxy) is 3. The van der Waals surface area contributed by atoms with Gasteiger partial charge >= 0.3 is 33.6 Å². The van der Waals surface area contributed by atoms with E-state index in [4.69, 9.17) is 32.3 Å². The van der Waals surface area contributed by atoms with Gasteiger partial charge in [0, 0.05) is 19.3 Å². The predicted molar refractivity (Wildman–Crippen MR) is 454 cm³/mol. The van der Waals surface area contributed by atoms with E-state index in [2.05, 4.69) is 130 Å². The average Bonchev–Trinajstić information content (AvgIpc) is 0.903. The number of unbranched alkanes of at least 4 members (excludes halogenated alkanes) is 43. The fourth-order valence-electron chi connectivity index (χ4n) is 12.2. The molecule has 0 bridgehead atoms. The van der Waals surface area contributed by atoms with Crippen molar-refractivity contribution < 1.29 is 75.8 Å². The molecule has 0 saturated heterocycles. The molecular formula is C91H162O16P2. The van der Waals surface area contributed by atoms with Gasteiger partial charge in [-0.3, -0.25) is 32.5 Å². The fraction of sp³-hybridized carbons (Fsp3) is 0.769. The molecule has 5 unspecified atom stereocenters. The zero-order valence-electron chi connectivity index (χ0n) is 69.5. The van der Waals surface area contributed by atoms with Crippen molar-refractivity contribution in [3.05, 3.63) is 109 Å². The van der Waals surface area contributed by atoms with Crippen LogP contribution >= 0.6 is 15.6 Å². The molecule has 0 rings (SSSR count). The van der Waals surface area contributed by atoms with Crippen molar-refractivity contribution in [1.82, 2.24) is 0 Å². The predicted octanol–water partition coefficient (Wildman–Crippen LogP) is 26.7. The molecule has 0 radical (unpaired) electrons. The highest BCUT2D eigenvalue weighted by molar-refractivity contribution is 7.47. The van der Waals surface area contributed by atoms with Crippen molar-refractivity contribution in [1.29, 1.82) is 0 Å². The second-order valence-corrected chi connectivity index (χ2v) is 32.6. The van der Waals surface area contributed by atoms with E-state index < -0.39 is 91.5 Å². The third kappa shape index (κ3) is 84.9. The number of esters is 3. The van der Waals surface area contributed by atoms with Crippen LogP contribution in [0, 0.1) is 0 Å². The summed E-state index contributed by atoms with van der Waals surface area (Å²) in [5.41, 5.74) is 0. The normalized spacial score (nSPS) is 14.4. The van der Waals surface area contributed by atoms with Crippen molar-refractivity contribution in [3.63, 3.8) is 0 Å². The molecule has 0 aromatic carbocycles. The van der Waals surface area contributed by atoms with Crippen LogP contribution in [0.1, 0.15) is 393 Å². The molecule has 0 aliphatic carbocycles. The number of carbonyl (C=O) groups is 3. The first-order valence-electron chi connectivity index (χ1n) is 44.2. The lowest BCUT2D eigenvalue weighted by atomic mass is 10.0. The first kappa shape index (κ1) is 105. The molecule has 16 nitrogen and oxygen atoms in total. The van der Waals surface area contributed by atoms with Crippen LogP contribution in [0.15, 0.2) is 109 Å². The summed E-state index contributed by atoms with van der Waals surface area (Å²) in [7, 11) is -9.79. The number of hydrogen-bond donors (Lipinski definition) is 4. The Morgan fingerprint density at radius 3 is 0.752 bits per heavy atom. The largest absolute Gasteiger partial charge is 0.472 e. The minimum absolute atomic E-state index is 0.0957. The molecule has 0 heterocycles. The smallest absolute Gasteiger partial charge is 0.463 e. The van der Waals surface area contributed by atoms with E-state index in [-0.39, 0.29) is 19.3 Å². The maximum absolute atomic E-state index is 13.0. The van der Waals surface area contributed by atoms with Gasteiger partial charge in [0.25, 0.3) is 0 Å². The van der Waals surface area contributed by atoms with E-state index in [1.165, 1.54) is 205 Å². The van der Waals surface area contributed by atoms with Gasteiger partial charge < -0.3 is 34.2 Å². The maximum atomic E-state index is 13.0. The maximum Gasteiger partial charge on any atom is 0.472 e. The van der Waals surface area contributed by atoms with E-state index in [1.807, 2.05) is 0 Å². The van der Waals surface area contributed by atoms with Gasteiger partial charge in [-0.2, -0.15) is 0 Å². The number of allylic oxidation sites excluding steroid dienone is 18. The van der Waals surface area contributed by atoms with Crippen LogP contribution in [-0.2, 0) is 55.8 Å². The number of aliphatic hydroxyl groups is 2. The molecule has 0 spiro atoms. The Hall–Kier alpha value is -3.79. The zero-order valence-corrected chi connectivity index (χ0v) is 71.3. The molecule has 0 saturated carbocycles. The zero-order chi connectivity index (χ0) is 79.4. The molecule has 632 valence electrons. The first-order valence-corrected chi connectivity index (χ1v) is 47.2. The number of rotatable bonds is 84. The number of phosphoric ester groups is 2. The Labute approximate surface area is 666 Å². The Balaban J connectivity index is 4.50. The average molecular weight is 1570 g/mol. The van der Waals surface area contributed by atoms with Gasteiger partial charge in [0.2, 0.25) is 0 Å². The van der Waals surface area contributed by atoms with Gasteiger partial charge in [-0.1, -0.05) is 348 Å². The number of aliphatic hydroxyl groups excluding tert-OH is 2. The third-order valence-electron chi connectivity index (χ3n) is 18.9. The number of hydrogen-bond acceptors (Lipinski definition) is 14. The minimum Gasteiger partial charge on any atom is -0.463 e. The van der Waals surface area contributed by atoms with E-state index in [0.717, 1.165) is 128 Å². The highest BCUT2D eigenvalue weighted by atomic mass is 31.2. The van der Waals surface area contributed by atoms with Crippen LogP contribution in [0.5, 0.6) is 0 Å². The minimum atomic E-state index is -4.94. The fourth-order valence-corrected chi connectivity index (χ4v) is 13.8. The van der Waals surface area contributed by atoms with Gasteiger partial charge in [0.15, 0.2) is 6.10 Å². The van der Waals surface area contributed by atoms with Crippen LogP contribution in [0.25, 0.3) is 0 Å². The lowest BCUT2D eigenvalue weighted by Gasteiger charge is -2.21. The second-order valence-electron chi connectivity index (χ2n) is 29.7. The van der Waals surface area contributed by atoms with E-state index in [0.29, 0.717) is 19.3 Å².